The summed E-state index contributed by atoms with van der Waals surface area (Å²) in [7, 11) is -1.38. The average molecular weight is 337 g/mol. The number of sulfone groups is 1. The molecule has 0 spiro atoms. The van der Waals surface area contributed by atoms with Crippen LogP contribution in [-0.4, -0.2) is 39.5 Å². The molecule has 0 saturated carbocycles. The Morgan fingerprint density at radius 2 is 2.17 bits per heavy atom. The van der Waals surface area contributed by atoms with Gasteiger partial charge in [-0.15, -0.1) is 0 Å². The van der Waals surface area contributed by atoms with Gasteiger partial charge in [-0.3, -0.25) is 4.79 Å². The minimum atomic E-state index is -2.94. The van der Waals surface area contributed by atoms with Crippen molar-refractivity contribution in [3.05, 3.63) is 35.6 Å². The van der Waals surface area contributed by atoms with Crippen LogP contribution in [0.4, 0.5) is 0 Å². The first kappa shape index (κ1) is 16.0. The third kappa shape index (κ3) is 3.40. The number of methoxy groups -OCH3 is 1. The van der Waals surface area contributed by atoms with Crippen molar-refractivity contribution in [3.8, 4) is 0 Å². The Kier molecular flexibility index (Phi) is 4.41. The average Bonchev–Trinajstić information content (AvgIpc) is 3.06. The number of carbonyl (C=O) groups excluding carboxylic acids is 1. The molecule has 6 nitrogen and oxygen atoms in total. The van der Waals surface area contributed by atoms with Crippen molar-refractivity contribution in [2.45, 2.75) is 13.0 Å². The summed E-state index contributed by atoms with van der Waals surface area (Å²) in [6.45, 7) is 0.610. The predicted molar refractivity (Wildman–Crippen MR) is 86.0 cm³/mol. The Balaban J connectivity index is 1.76. The van der Waals surface area contributed by atoms with E-state index in [9.17, 15) is 13.2 Å². The molecule has 2 heterocycles. The number of amides is 1. The Bertz CT molecular complexity index is 824. The molecule has 1 amide bonds. The van der Waals surface area contributed by atoms with Crippen LogP contribution < -0.4 is 5.32 Å². The third-order valence-electron chi connectivity index (χ3n) is 4.07. The highest BCUT2D eigenvalue weighted by molar-refractivity contribution is 7.91. The topological polar surface area (TPSA) is 85.6 Å². The Hall–Kier alpha value is -1.86. The van der Waals surface area contributed by atoms with Crippen LogP contribution in [0, 0.1) is 5.92 Å². The highest BCUT2D eigenvalue weighted by atomic mass is 32.2. The summed E-state index contributed by atoms with van der Waals surface area (Å²) in [5.74, 6) is 0.205. The van der Waals surface area contributed by atoms with Crippen molar-refractivity contribution in [2.75, 3.05) is 25.2 Å². The number of furan rings is 1. The van der Waals surface area contributed by atoms with Gasteiger partial charge in [0, 0.05) is 24.6 Å². The Morgan fingerprint density at radius 1 is 1.39 bits per heavy atom. The molecule has 124 valence electrons. The fourth-order valence-electron chi connectivity index (χ4n) is 2.92. The molecule has 1 aromatic carbocycles. The van der Waals surface area contributed by atoms with Crippen LogP contribution in [0.5, 0.6) is 0 Å². The lowest BCUT2D eigenvalue weighted by molar-refractivity contribution is 0.0916. The van der Waals surface area contributed by atoms with Gasteiger partial charge in [0.2, 0.25) is 0 Å². The SMILES string of the molecule is COCc1c(C(=O)NC[C@H]2CCS(=O)(=O)C2)oc2ccccc12. The van der Waals surface area contributed by atoms with Crippen molar-refractivity contribution in [1.82, 2.24) is 5.32 Å². The molecule has 2 aromatic rings. The zero-order valence-corrected chi connectivity index (χ0v) is 13.7. The van der Waals surface area contributed by atoms with Gasteiger partial charge in [-0.2, -0.15) is 0 Å². The molecule has 0 aliphatic carbocycles. The second kappa shape index (κ2) is 6.33. The van der Waals surface area contributed by atoms with Crippen LogP contribution in [0.3, 0.4) is 0 Å². The number of fused-ring (bicyclic) bond motifs is 1. The summed E-state index contributed by atoms with van der Waals surface area (Å²) >= 11 is 0. The summed E-state index contributed by atoms with van der Waals surface area (Å²) in [5.41, 5.74) is 1.34. The number of para-hydroxylation sites is 1. The Morgan fingerprint density at radius 3 is 2.87 bits per heavy atom. The first-order chi connectivity index (χ1) is 11.0. The normalized spacial score (nSPS) is 20.0. The first-order valence-electron chi connectivity index (χ1n) is 7.48. The fourth-order valence-corrected chi connectivity index (χ4v) is 4.78. The second-order valence-electron chi connectivity index (χ2n) is 5.82. The fraction of sp³-hybridized carbons (Fsp3) is 0.438. The summed E-state index contributed by atoms with van der Waals surface area (Å²) < 4.78 is 33.8. The largest absolute Gasteiger partial charge is 0.451 e. The summed E-state index contributed by atoms with van der Waals surface area (Å²) in [4.78, 5) is 12.4. The van der Waals surface area contributed by atoms with E-state index >= 15 is 0 Å². The van der Waals surface area contributed by atoms with E-state index < -0.39 is 9.84 Å². The first-order valence-corrected chi connectivity index (χ1v) is 9.30. The number of ether oxygens (including phenoxy) is 1. The number of hydrogen-bond donors (Lipinski definition) is 1. The lowest BCUT2D eigenvalue weighted by Gasteiger charge is -2.09. The summed E-state index contributed by atoms with van der Waals surface area (Å²) in [6.07, 6.45) is 0.591. The molecular formula is C16H19NO5S. The number of hydrogen-bond acceptors (Lipinski definition) is 5. The number of rotatable bonds is 5. The molecule has 3 rings (SSSR count). The van der Waals surface area contributed by atoms with Gasteiger partial charge in [0.15, 0.2) is 15.6 Å². The zero-order chi connectivity index (χ0) is 16.4. The third-order valence-corrected chi connectivity index (χ3v) is 5.91. The van der Waals surface area contributed by atoms with Gasteiger partial charge in [0.25, 0.3) is 5.91 Å². The van der Waals surface area contributed by atoms with Gasteiger partial charge in [-0.05, 0) is 18.4 Å². The summed E-state index contributed by atoms with van der Waals surface area (Å²) in [6, 6.07) is 7.40. The van der Waals surface area contributed by atoms with Crippen molar-refractivity contribution in [2.24, 2.45) is 5.92 Å². The quantitative estimate of drug-likeness (QED) is 0.898. The smallest absolute Gasteiger partial charge is 0.287 e. The molecule has 7 heteroatoms. The lowest BCUT2D eigenvalue weighted by Crippen LogP contribution is -2.30. The standard InChI is InChI=1S/C16H19NO5S/c1-21-9-13-12-4-2-3-5-14(12)22-15(13)16(18)17-8-11-6-7-23(19,20)10-11/h2-5,11H,6-10H2,1H3,(H,17,18)/t11-/m1/s1. The highest BCUT2D eigenvalue weighted by Gasteiger charge is 2.29. The van der Waals surface area contributed by atoms with E-state index in [1.54, 1.807) is 13.2 Å². The van der Waals surface area contributed by atoms with E-state index in [2.05, 4.69) is 5.32 Å². The molecule has 1 aliphatic heterocycles. The van der Waals surface area contributed by atoms with Crippen molar-refractivity contribution in [3.63, 3.8) is 0 Å². The lowest BCUT2D eigenvalue weighted by atomic mass is 10.1. The maximum Gasteiger partial charge on any atom is 0.287 e. The van der Waals surface area contributed by atoms with Gasteiger partial charge in [0.1, 0.15) is 5.58 Å². The van der Waals surface area contributed by atoms with Crippen molar-refractivity contribution < 1.29 is 22.4 Å². The molecular weight excluding hydrogens is 318 g/mol. The van der Waals surface area contributed by atoms with Crippen LogP contribution in [0.1, 0.15) is 22.5 Å². The molecule has 23 heavy (non-hydrogen) atoms. The minimum absolute atomic E-state index is 0.0285. The number of benzene rings is 1. The molecule has 1 atom stereocenters. The van der Waals surface area contributed by atoms with Gasteiger partial charge < -0.3 is 14.5 Å². The molecule has 1 N–H and O–H groups in total. The van der Waals surface area contributed by atoms with Crippen LogP contribution >= 0.6 is 0 Å². The van der Waals surface area contributed by atoms with E-state index in [0.29, 0.717) is 24.1 Å². The number of carbonyl (C=O) groups is 1. The zero-order valence-electron chi connectivity index (χ0n) is 12.9. The molecule has 1 saturated heterocycles. The second-order valence-corrected chi connectivity index (χ2v) is 8.05. The Labute approximate surface area is 134 Å². The maximum absolute atomic E-state index is 12.4. The highest BCUT2D eigenvalue weighted by Crippen LogP contribution is 2.26. The van der Waals surface area contributed by atoms with Gasteiger partial charge >= 0.3 is 0 Å². The van der Waals surface area contributed by atoms with E-state index in [-0.39, 0.29) is 35.7 Å². The molecule has 1 aromatic heterocycles. The van der Waals surface area contributed by atoms with Crippen molar-refractivity contribution >= 4 is 26.7 Å². The van der Waals surface area contributed by atoms with Gasteiger partial charge in [-0.1, -0.05) is 18.2 Å². The monoisotopic (exact) mass is 337 g/mol. The van der Waals surface area contributed by atoms with E-state index in [4.69, 9.17) is 9.15 Å². The molecule has 0 unspecified atom stereocenters. The molecule has 1 fully saturated rings. The minimum Gasteiger partial charge on any atom is -0.451 e. The van der Waals surface area contributed by atoms with Gasteiger partial charge in [0.05, 0.1) is 18.1 Å². The molecule has 1 aliphatic rings. The van der Waals surface area contributed by atoms with Gasteiger partial charge in [-0.25, -0.2) is 8.42 Å². The molecule has 0 bridgehead atoms. The molecule has 0 radical (unpaired) electrons. The van der Waals surface area contributed by atoms with Crippen LogP contribution in [0.15, 0.2) is 28.7 Å². The van der Waals surface area contributed by atoms with Crippen LogP contribution in [0.25, 0.3) is 11.0 Å². The predicted octanol–water partition coefficient (Wildman–Crippen LogP) is 1.74. The van der Waals surface area contributed by atoms with Crippen molar-refractivity contribution in [1.29, 1.82) is 0 Å². The van der Waals surface area contributed by atoms with E-state index in [0.717, 1.165) is 5.39 Å². The summed E-state index contributed by atoms with van der Waals surface area (Å²) in [5, 5.41) is 3.64. The maximum atomic E-state index is 12.4. The van der Waals surface area contributed by atoms with E-state index in [1.807, 2.05) is 18.2 Å². The van der Waals surface area contributed by atoms with Crippen LogP contribution in [-0.2, 0) is 21.2 Å². The van der Waals surface area contributed by atoms with Crippen LogP contribution in [0.2, 0.25) is 0 Å². The number of nitrogens with one attached hydrogen (secondary N) is 1. The van der Waals surface area contributed by atoms with E-state index in [1.165, 1.54) is 0 Å².